The summed E-state index contributed by atoms with van der Waals surface area (Å²) in [7, 11) is 0. The standard InChI is InChI=1S/C24H31N3O4/c1-5-7-12-31-21-11-9-19(14-22(21)30-6-2)16-25-27-24(29)15-23(28)26-20-10-8-17(3)13-18(20)4/h8-11,13-14,16H,5-7,12,15H2,1-4H3,(H,26,28)(H,27,29). The number of ether oxygens (including phenoxy) is 2. The van der Waals surface area contributed by atoms with Gasteiger partial charge in [0.15, 0.2) is 11.5 Å². The van der Waals surface area contributed by atoms with Crippen molar-refractivity contribution in [1.29, 1.82) is 0 Å². The summed E-state index contributed by atoms with van der Waals surface area (Å²) >= 11 is 0. The van der Waals surface area contributed by atoms with Gasteiger partial charge in [-0.05, 0) is 62.6 Å². The van der Waals surface area contributed by atoms with E-state index < -0.39 is 11.8 Å². The predicted octanol–water partition coefficient (Wildman–Crippen LogP) is 4.36. The second-order valence-electron chi connectivity index (χ2n) is 7.18. The molecule has 7 heteroatoms. The van der Waals surface area contributed by atoms with E-state index in [-0.39, 0.29) is 6.42 Å². The molecule has 31 heavy (non-hydrogen) atoms. The Hall–Kier alpha value is -3.35. The van der Waals surface area contributed by atoms with Gasteiger partial charge in [-0.2, -0.15) is 5.10 Å². The van der Waals surface area contributed by atoms with E-state index in [9.17, 15) is 9.59 Å². The predicted molar refractivity (Wildman–Crippen MR) is 123 cm³/mol. The summed E-state index contributed by atoms with van der Waals surface area (Å²) in [5.74, 6) is 0.413. The van der Waals surface area contributed by atoms with Gasteiger partial charge in [-0.1, -0.05) is 31.0 Å². The van der Waals surface area contributed by atoms with E-state index in [1.54, 1.807) is 6.07 Å². The van der Waals surface area contributed by atoms with Crippen LogP contribution in [0, 0.1) is 13.8 Å². The number of nitrogens with zero attached hydrogens (tertiary/aromatic N) is 1. The Morgan fingerprint density at radius 3 is 2.52 bits per heavy atom. The summed E-state index contributed by atoms with van der Waals surface area (Å²) < 4.78 is 11.4. The number of carbonyl (C=O) groups is 2. The summed E-state index contributed by atoms with van der Waals surface area (Å²) in [6, 6.07) is 11.1. The molecule has 0 atom stereocenters. The molecule has 0 saturated heterocycles. The molecule has 0 heterocycles. The Morgan fingerprint density at radius 2 is 1.81 bits per heavy atom. The van der Waals surface area contributed by atoms with Gasteiger partial charge in [-0.3, -0.25) is 9.59 Å². The Morgan fingerprint density at radius 1 is 1.00 bits per heavy atom. The molecule has 2 N–H and O–H groups in total. The fourth-order valence-corrected chi connectivity index (χ4v) is 2.83. The number of benzene rings is 2. The molecule has 0 spiro atoms. The Bertz CT molecular complexity index is 925. The van der Waals surface area contributed by atoms with Gasteiger partial charge in [0.1, 0.15) is 6.42 Å². The van der Waals surface area contributed by atoms with E-state index in [0.717, 1.165) is 29.5 Å². The lowest BCUT2D eigenvalue weighted by atomic mass is 10.1. The van der Waals surface area contributed by atoms with Gasteiger partial charge in [0, 0.05) is 5.69 Å². The first-order chi connectivity index (χ1) is 14.9. The van der Waals surface area contributed by atoms with E-state index in [0.29, 0.717) is 30.4 Å². The molecule has 0 aliphatic carbocycles. The molecule has 0 saturated carbocycles. The molecule has 2 rings (SSSR count). The van der Waals surface area contributed by atoms with Gasteiger partial charge >= 0.3 is 0 Å². The molecule has 2 aromatic carbocycles. The van der Waals surface area contributed by atoms with Gasteiger partial charge in [-0.15, -0.1) is 0 Å². The monoisotopic (exact) mass is 425 g/mol. The highest BCUT2D eigenvalue weighted by Crippen LogP contribution is 2.28. The summed E-state index contributed by atoms with van der Waals surface area (Å²) in [6.07, 6.45) is 3.20. The highest BCUT2D eigenvalue weighted by Gasteiger charge is 2.10. The number of hydrogen-bond acceptors (Lipinski definition) is 5. The molecule has 0 radical (unpaired) electrons. The smallest absolute Gasteiger partial charge is 0.249 e. The van der Waals surface area contributed by atoms with Crippen LogP contribution in [0.15, 0.2) is 41.5 Å². The lowest BCUT2D eigenvalue weighted by Crippen LogP contribution is -2.24. The number of rotatable bonds is 11. The van der Waals surface area contributed by atoms with Crippen molar-refractivity contribution in [2.75, 3.05) is 18.5 Å². The van der Waals surface area contributed by atoms with Crippen molar-refractivity contribution in [2.24, 2.45) is 5.10 Å². The lowest BCUT2D eigenvalue weighted by molar-refractivity contribution is -0.126. The van der Waals surface area contributed by atoms with Gasteiger partial charge in [0.2, 0.25) is 11.8 Å². The van der Waals surface area contributed by atoms with Crippen LogP contribution in [0.25, 0.3) is 0 Å². The zero-order chi connectivity index (χ0) is 22.6. The van der Waals surface area contributed by atoms with Crippen LogP contribution in [0.3, 0.4) is 0 Å². The summed E-state index contributed by atoms with van der Waals surface area (Å²) in [6.45, 7) is 9.03. The third-order valence-corrected chi connectivity index (χ3v) is 4.40. The molecule has 2 aromatic rings. The second-order valence-corrected chi connectivity index (χ2v) is 7.18. The molecule has 0 aliphatic heterocycles. The van der Waals surface area contributed by atoms with Crippen LogP contribution < -0.4 is 20.2 Å². The maximum absolute atomic E-state index is 12.1. The van der Waals surface area contributed by atoms with Gasteiger partial charge in [-0.25, -0.2) is 5.43 Å². The minimum absolute atomic E-state index is 0.320. The fraction of sp³-hybridized carbons (Fsp3) is 0.375. The number of unbranched alkanes of at least 4 members (excludes halogenated alkanes) is 1. The summed E-state index contributed by atoms with van der Waals surface area (Å²) in [5, 5.41) is 6.68. The fourth-order valence-electron chi connectivity index (χ4n) is 2.83. The van der Waals surface area contributed by atoms with E-state index in [4.69, 9.17) is 9.47 Å². The highest BCUT2D eigenvalue weighted by atomic mass is 16.5. The number of anilines is 1. The van der Waals surface area contributed by atoms with Crippen LogP contribution in [0.4, 0.5) is 5.69 Å². The first-order valence-electron chi connectivity index (χ1n) is 10.5. The summed E-state index contributed by atoms with van der Waals surface area (Å²) in [5.41, 5.74) is 5.86. The van der Waals surface area contributed by atoms with Gasteiger partial charge in [0.05, 0.1) is 19.4 Å². The van der Waals surface area contributed by atoms with Crippen LogP contribution in [0.1, 0.15) is 49.8 Å². The van der Waals surface area contributed by atoms with E-state index in [1.807, 2.05) is 51.1 Å². The zero-order valence-corrected chi connectivity index (χ0v) is 18.7. The van der Waals surface area contributed by atoms with Crippen LogP contribution in [-0.2, 0) is 9.59 Å². The number of hydrazone groups is 1. The molecular weight excluding hydrogens is 394 g/mol. The van der Waals surface area contributed by atoms with E-state index in [2.05, 4.69) is 22.8 Å². The maximum atomic E-state index is 12.1. The normalized spacial score (nSPS) is 10.7. The van der Waals surface area contributed by atoms with Crippen molar-refractivity contribution in [3.05, 3.63) is 53.1 Å². The second kappa shape index (κ2) is 12.4. The van der Waals surface area contributed by atoms with Crippen LogP contribution in [0.5, 0.6) is 11.5 Å². The van der Waals surface area contributed by atoms with Crippen molar-refractivity contribution in [3.63, 3.8) is 0 Å². The minimum Gasteiger partial charge on any atom is -0.490 e. The Kier molecular flexibility index (Phi) is 9.55. The van der Waals surface area contributed by atoms with Crippen LogP contribution >= 0.6 is 0 Å². The number of nitrogens with one attached hydrogen (secondary N) is 2. The largest absolute Gasteiger partial charge is 0.490 e. The topological polar surface area (TPSA) is 89.0 Å². The number of carbonyl (C=O) groups excluding carboxylic acids is 2. The van der Waals surface area contributed by atoms with Crippen molar-refractivity contribution in [1.82, 2.24) is 5.43 Å². The van der Waals surface area contributed by atoms with Crippen LogP contribution in [0.2, 0.25) is 0 Å². The van der Waals surface area contributed by atoms with Crippen LogP contribution in [-0.4, -0.2) is 31.2 Å². The van der Waals surface area contributed by atoms with Gasteiger partial charge < -0.3 is 14.8 Å². The molecule has 0 unspecified atom stereocenters. The molecule has 2 amide bonds. The molecule has 0 bridgehead atoms. The maximum Gasteiger partial charge on any atom is 0.249 e. The third-order valence-electron chi connectivity index (χ3n) is 4.40. The number of aryl methyl sites for hydroxylation is 2. The number of amides is 2. The third kappa shape index (κ3) is 8.12. The lowest BCUT2D eigenvalue weighted by Gasteiger charge is -2.12. The average molecular weight is 426 g/mol. The van der Waals surface area contributed by atoms with Gasteiger partial charge in [0.25, 0.3) is 0 Å². The first kappa shape index (κ1) is 23.9. The molecule has 0 fully saturated rings. The average Bonchev–Trinajstić information content (AvgIpc) is 2.72. The molecule has 166 valence electrons. The van der Waals surface area contributed by atoms with E-state index >= 15 is 0 Å². The summed E-state index contributed by atoms with van der Waals surface area (Å²) in [4.78, 5) is 24.1. The molecule has 0 aliphatic rings. The SMILES string of the molecule is CCCCOc1ccc(C=NNC(=O)CC(=O)Nc2ccc(C)cc2C)cc1OCC. The zero-order valence-electron chi connectivity index (χ0n) is 18.7. The Labute approximate surface area is 183 Å². The first-order valence-corrected chi connectivity index (χ1v) is 10.5. The Balaban J connectivity index is 1.89. The molecule has 0 aromatic heterocycles. The van der Waals surface area contributed by atoms with E-state index in [1.165, 1.54) is 6.21 Å². The minimum atomic E-state index is -0.497. The van der Waals surface area contributed by atoms with Crippen molar-refractivity contribution >= 4 is 23.7 Å². The quantitative estimate of drug-likeness (QED) is 0.242. The molecular formula is C24H31N3O4. The van der Waals surface area contributed by atoms with Crippen molar-refractivity contribution in [2.45, 2.75) is 47.0 Å². The molecule has 7 nitrogen and oxygen atoms in total. The highest BCUT2D eigenvalue weighted by molar-refractivity contribution is 6.04. The number of hydrogen-bond donors (Lipinski definition) is 2. The van der Waals surface area contributed by atoms with Crippen molar-refractivity contribution in [3.8, 4) is 11.5 Å². The van der Waals surface area contributed by atoms with Crippen molar-refractivity contribution < 1.29 is 19.1 Å².